The summed E-state index contributed by atoms with van der Waals surface area (Å²) >= 11 is 0. The highest BCUT2D eigenvalue weighted by atomic mass is 16.5. The molecule has 1 aliphatic carbocycles. The molecular formula is C19H25NO. The number of benzene rings is 2. The van der Waals surface area contributed by atoms with E-state index in [4.69, 9.17) is 4.74 Å². The second kappa shape index (κ2) is 6.48. The van der Waals surface area contributed by atoms with Crippen LogP contribution in [0.25, 0.3) is 10.8 Å². The van der Waals surface area contributed by atoms with E-state index in [1.165, 1.54) is 35.6 Å². The van der Waals surface area contributed by atoms with Crippen LogP contribution < -0.4 is 10.1 Å². The Balaban J connectivity index is 1.90. The maximum Gasteiger partial charge on any atom is 0.119 e. The number of ether oxygens (including phenoxy) is 1. The van der Waals surface area contributed by atoms with Gasteiger partial charge in [-0.3, -0.25) is 0 Å². The smallest absolute Gasteiger partial charge is 0.119 e. The summed E-state index contributed by atoms with van der Waals surface area (Å²) in [5.74, 6) is 1.80. The minimum absolute atomic E-state index is 0.612. The summed E-state index contributed by atoms with van der Waals surface area (Å²) in [6.07, 6.45) is 5.27. The summed E-state index contributed by atoms with van der Waals surface area (Å²) in [6.45, 7) is 3.26. The average Bonchev–Trinajstić information content (AvgIpc) is 2.45. The first-order valence-corrected chi connectivity index (χ1v) is 8.11. The van der Waals surface area contributed by atoms with E-state index in [-0.39, 0.29) is 0 Å². The average molecular weight is 283 g/mol. The quantitative estimate of drug-likeness (QED) is 0.859. The molecule has 21 heavy (non-hydrogen) atoms. The van der Waals surface area contributed by atoms with Gasteiger partial charge < -0.3 is 10.1 Å². The van der Waals surface area contributed by atoms with Crippen LogP contribution in [0.15, 0.2) is 36.4 Å². The molecule has 1 aliphatic rings. The summed E-state index contributed by atoms with van der Waals surface area (Å²) < 4.78 is 5.39. The van der Waals surface area contributed by atoms with Gasteiger partial charge in [0.1, 0.15) is 5.75 Å². The first-order valence-electron chi connectivity index (χ1n) is 8.11. The van der Waals surface area contributed by atoms with Crippen LogP contribution in [0.4, 0.5) is 0 Å². The molecule has 1 fully saturated rings. The van der Waals surface area contributed by atoms with E-state index in [1.54, 1.807) is 7.11 Å². The molecule has 0 saturated heterocycles. The molecular weight excluding hydrogens is 258 g/mol. The first kappa shape index (κ1) is 14.4. The Morgan fingerprint density at radius 3 is 2.76 bits per heavy atom. The number of nitrogens with one attached hydrogen (secondary N) is 1. The van der Waals surface area contributed by atoms with Gasteiger partial charge in [-0.25, -0.2) is 0 Å². The number of hydrogen-bond acceptors (Lipinski definition) is 2. The van der Waals surface area contributed by atoms with Crippen molar-refractivity contribution in [2.75, 3.05) is 13.7 Å². The van der Waals surface area contributed by atoms with Gasteiger partial charge in [0.15, 0.2) is 0 Å². The van der Waals surface area contributed by atoms with Crippen LogP contribution in [0.2, 0.25) is 0 Å². The van der Waals surface area contributed by atoms with Gasteiger partial charge in [-0.1, -0.05) is 37.6 Å². The third-order valence-corrected chi connectivity index (χ3v) is 4.80. The zero-order chi connectivity index (χ0) is 14.7. The van der Waals surface area contributed by atoms with Crippen molar-refractivity contribution in [1.29, 1.82) is 0 Å². The Morgan fingerprint density at radius 2 is 2.10 bits per heavy atom. The van der Waals surface area contributed by atoms with Gasteiger partial charge in [0.05, 0.1) is 7.11 Å². The summed E-state index contributed by atoms with van der Waals surface area (Å²) in [5.41, 5.74) is 1.43. The van der Waals surface area contributed by atoms with Gasteiger partial charge in [-0.05, 0) is 60.2 Å². The van der Waals surface area contributed by atoms with Gasteiger partial charge in [0, 0.05) is 6.04 Å². The van der Waals surface area contributed by atoms with Crippen molar-refractivity contribution in [2.45, 2.75) is 38.6 Å². The molecule has 0 amide bonds. The molecule has 0 bridgehead atoms. The van der Waals surface area contributed by atoms with Crippen molar-refractivity contribution >= 4 is 10.8 Å². The molecule has 1 N–H and O–H groups in total. The maximum absolute atomic E-state index is 5.39. The van der Waals surface area contributed by atoms with Gasteiger partial charge in [-0.2, -0.15) is 0 Å². The van der Waals surface area contributed by atoms with Crippen molar-refractivity contribution < 1.29 is 4.74 Å². The molecule has 2 heteroatoms. The van der Waals surface area contributed by atoms with Crippen LogP contribution in [0.3, 0.4) is 0 Å². The SMILES string of the molecule is CCNC(Cc1cccc2ccc(OC)cc12)C1CCC1. The van der Waals surface area contributed by atoms with Crippen molar-refractivity contribution in [3.63, 3.8) is 0 Å². The Hall–Kier alpha value is -1.54. The fraction of sp³-hybridized carbons (Fsp3) is 0.474. The summed E-state index contributed by atoms with van der Waals surface area (Å²) in [6, 6.07) is 13.6. The number of methoxy groups -OCH3 is 1. The Kier molecular flexibility index (Phi) is 4.45. The molecule has 0 heterocycles. The number of likely N-dealkylation sites (N-methyl/N-ethyl adjacent to an activating group) is 1. The molecule has 1 unspecified atom stereocenters. The summed E-state index contributed by atoms with van der Waals surface area (Å²) in [5, 5.41) is 6.33. The second-order valence-corrected chi connectivity index (χ2v) is 6.06. The lowest BCUT2D eigenvalue weighted by atomic mass is 9.77. The minimum atomic E-state index is 0.612. The largest absolute Gasteiger partial charge is 0.497 e. The predicted molar refractivity (Wildman–Crippen MR) is 89.0 cm³/mol. The lowest BCUT2D eigenvalue weighted by molar-refractivity contribution is 0.230. The lowest BCUT2D eigenvalue weighted by Gasteiger charge is -2.34. The fourth-order valence-corrected chi connectivity index (χ4v) is 3.37. The highest BCUT2D eigenvalue weighted by Gasteiger charge is 2.26. The molecule has 0 spiro atoms. The van der Waals surface area contributed by atoms with Gasteiger partial charge >= 0.3 is 0 Å². The molecule has 112 valence electrons. The Morgan fingerprint density at radius 1 is 1.24 bits per heavy atom. The Bertz CT molecular complexity index is 604. The van der Waals surface area contributed by atoms with E-state index in [1.807, 2.05) is 6.07 Å². The standard InChI is InChI=1S/C19H25NO/c1-3-20-19(15-7-5-8-15)12-16-9-4-6-14-10-11-17(21-2)13-18(14)16/h4,6,9-11,13,15,19-20H,3,5,7-8,12H2,1-2H3. The molecule has 2 nitrogen and oxygen atoms in total. The third-order valence-electron chi connectivity index (χ3n) is 4.80. The van der Waals surface area contributed by atoms with E-state index in [0.717, 1.165) is 24.6 Å². The van der Waals surface area contributed by atoms with Crippen LogP contribution in [-0.2, 0) is 6.42 Å². The van der Waals surface area contributed by atoms with Crippen molar-refractivity contribution in [3.05, 3.63) is 42.0 Å². The molecule has 2 aromatic carbocycles. The molecule has 0 aliphatic heterocycles. The van der Waals surface area contributed by atoms with Crippen molar-refractivity contribution in [1.82, 2.24) is 5.32 Å². The van der Waals surface area contributed by atoms with E-state index in [2.05, 4.69) is 42.6 Å². The Labute approximate surface area is 127 Å². The fourth-order valence-electron chi connectivity index (χ4n) is 3.37. The van der Waals surface area contributed by atoms with E-state index in [0.29, 0.717) is 6.04 Å². The van der Waals surface area contributed by atoms with Crippen LogP contribution in [0, 0.1) is 5.92 Å². The molecule has 0 aromatic heterocycles. The third kappa shape index (κ3) is 3.06. The van der Waals surface area contributed by atoms with Crippen molar-refractivity contribution in [2.24, 2.45) is 5.92 Å². The van der Waals surface area contributed by atoms with E-state index < -0.39 is 0 Å². The maximum atomic E-state index is 5.39. The summed E-state index contributed by atoms with van der Waals surface area (Å²) in [7, 11) is 1.74. The van der Waals surface area contributed by atoms with Gasteiger partial charge in [0.2, 0.25) is 0 Å². The summed E-state index contributed by atoms with van der Waals surface area (Å²) in [4.78, 5) is 0. The number of fused-ring (bicyclic) bond motifs is 1. The van der Waals surface area contributed by atoms with Crippen LogP contribution in [-0.4, -0.2) is 19.7 Å². The normalized spacial score (nSPS) is 16.7. The van der Waals surface area contributed by atoms with E-state index in [9.17, 15) is 0 Å². The van der Waals surface area contributed by atoms with Crippen LogP contribution in [0.1, 0.15) is 31.7 Å². The zero-order valence-corrected chi connectivity index (χ0v) is 13.1. The van der Waals surface area contributed by atoms with Crippen molar-refractivity contribution in [3.8, 4) is 5.75 Å². The van der Waals surface area contributed by atoms with E-state index >= 15 is 0 Å². The lowest BCUT2D eigenvalue weighted by Crippen LogP contribution is -2.41. The molecule has 0 radical (unpaired) electrons. The monoisotopic (exact) mass is 283 g/mol. The topological polar surface area (TPSA) is 21.3 Å². The first-order chi connectivity index (χ1) is 10.3. The zero-order valence-electron chi connectivity index (χ0n) is 13.1. The highest BCUT2D eigenvalue weighted by molar-refractivity contribution is 5.87. The van der Waals surface area contributed by atoms with Crippen LogP contribution in [0.5, 0.6) is 5.75 Å². The van der Waals surface area contributed by atoms with Gasteiger partial charge in [-0.15, -0.1) is 0 Å². The number of rotatable bonds is 6. The second-order valence-electron chi connectivity index (χ2n) is 6.06. The predicted octanol–water partition coefficient (Wildman–Crippen LogP) is 4.17. The number of hydrogen-bond donors (Lipinski definition) is 1. The molecule has 3 rings (SSSR count). The van der Waals surface area contributed by atoms with Crippen LogP contribution >= 0.6 is 0 Å². The van der Waals surface area contributed by atoms with Gasteiger partial charge in [0.25, 0.3) is 0 Å². The highest BCUT2D eigenvalue weighted by Crippen LogP contribution is 2.32. The molecule has 1 saturated carbocycles. The minimum Gasteiger partial charge on any atom is -0.497 e. The molecule has 2 aromatic rings. The molecule has 1 atom stereocenters.